The fourth-order valence-corrected chi connectivity index (χ4v) is 5.85. The third-order valence-electron chi connectivity index (χ3n) is 8.07. The van der Waals surface area contributed by atoms with Gasteiger partial charge in [-0.25, -0.2) is 9.50 Å². The van der Waals surface area contributed by atoms with Crippen molar-refractivity contribution in [3.63, 3.8) is 0 Å². The Balaban J connectivity index is 1.04. The van der Waals surface area contributed by atoms with Crippen LogP contribution in [0.15, 0.2) is 60.9 Å². The number of para-hydroxylation sites is 1. The lowest BCUT2D eigenvalue weighted by atomic mass is 10.0. The van der Waals surface area contributed by atoms with Crippen LogP contribution in [0.2, 0.25) is 0 Å². The molecule has 5 heterocycles. The number of amides is 2. The highest BCUT2D eigenvalue weighted by atomic mass is 16.5. The minimum atomic E-state index is -0.261. The molecule has 2 aromatic carbocycles. The summed E-state index contributed by atoms with van der Waals surface area (Å²) in [5.41, 5.74) is 4.22. The lowest BCUT2D eigenvalue weighted by Crippen LogP contribution is -2.51. The van der Waals surface area contributed by atoms with Crippen LogP contribution >= 0.6 is 0 Å². The van der Waals surface area contributed by atoms with E-state index in [1.807, 2.05) is 47.4 Å². The molecule has 1 unspecified atom stereocenters. The topological polar surface area (TPSA) is 129 Å². The first-order chi connectivity index (χ1) is 20.6. The van der Waals surface area contributed by atoms with Crippen molar-refractivity contribution in [2.75, 3.05) is 54.9 Å². The molecule has 4 aromatic rings. The fourth-order valence-electron chi connectivity index (χ4n) is 5.85. The maximum Gasteiger partial charge on any atom is 0.254 e. The Morgan fingerprint density at radius 2 is 1.86 bits per heavy atom. The van der Waals surface area contributed by atoms with Gasteiger partial charge in [0.05, 0.1) is 13.2 Å². The third kappa shape index (κ3) is 5.32. The molecule has 2 fully saturated rings. The second kappa shape index (κ2) is 11.3. The smallest absolute Gasteiger partial charge is 0.254 e. The van der Waals surface area contributed by atoms with E-state index >= 15 is 0 Å². The van der Waals surface area contributed by atoms with Gasteiger partial charge in [0.25, 0.3) is 5.91 Å². The molecule has 2 amide bonds. The number of carbonyl (C=O) groups excluding carboxylic acids is 2. The predicted octanol–water partition coefficient (Wildman–Crippen LogP) is 2.46. The molecule has 3 aliphatic rings. The summed E-state index contributed by atoms with van der Waals surface area (Å²) in [4.78, 5) is 39.1. The number of ether oxygens (including phenoxy) is 1. The second-order valence-corrected chi connectivity index (χ2v) is 10.9. The zero-order chi connectivity index (χ0) is 28.5. The first kappa shape index (κ1) is 26.2. The first-order valence-corrected chi connectivity index (χ1v) is 14.5. The number of nitrogens with one attached hydrogen (secondary N) is 3. The first-order valence-electron chi connectivity index (χ1n) is 14.5. The van der Waals surface area contributed by atoms with Gasteiger partial charge in [0.1, 0.15) is 6.04 Å². The van der Waals surface area contributed by atoms with E-state index in [4.69, 9.17) is 14.8 Å². The van der Waals surface area contributed by atoms with Crippen molar-refractivity contribution in [1.82, 2.24) is 29.8 Å². The Hall–Kier alpha value is -4.71. The standard InChI is InChI=1S/C30H33N9O3/c40-28(25-18-21-4-1-2-6-24(21)34-25)33-23-5-3-12-38(19-23)30-35-26(27-31-11-13-39(27)36-30)32-22-9-7-20(8-10-22)29(41)37-14-16-42-17-15-37/h1-2,4,6-11,13,23,25,34H,3,5,12,14-19H2,(H,33,40)(H,32,35,36)/t23-,25?/m1/s1. The maximum absolute atomic E-state index is 13.1. The monoisotopic (exact) mass is 567 g/mol. The SMILES string of the molecule is O=C(N[C@@H]1CCCN(c2nc(Nc3ccc(C(=O)N4CCOCC4)cc3)c3nccn3n2)C1)C1Cc2ccccc2N1. The van der Waals surface area contributed by atoms with E-state index in [-0.39, 0.29) is 23.9 Å². The molecular weight excluding hydrogens is 534 g/mol. The highest BCUT2D eigenvalue weighted by Crippen LogP contribution is 2.26. The van der Waals surface area contributed by atoms with Gasteiger partial charge in [0.15, 0.2) is 11.5 Å². The number of imidazole rings is 1. The summed E-state index contributed by atoms with van der Waals surface area (Å²) in [5, 5.41) is 14.7. The number of hydrogen-bond acceptors (Lipinski definition) is 9. The van der Waals surface area contributed by atoms with Crippen molar-refractivity contribution in [3.8, 4) is 0 Å². The van der Waals surface area contributed by atoms with Crippen LogP contribution in [-0.4, -0.2) is 87.8 Å². The van der Waals surface area contributed by atoms with Gasteiger partial charge in [0, 0.05) is 68.0 Å². The summed E-state index contributed by atoms with van der Waals surface area (Å²) in [5.74, 6) is 1.15. The van der Waals surface area contributed by atoms with E-state index in [1.165, 1.54) is 5.56 Å². The van der Waals surface area contributed by atoms with Crippen molar-refractivity contribution < 1.29 is 14.3 Å². The molecule has 2 saturated heterocycles. The van der Waals surface area contributed by atoms with E-state index in [0.29, 0.717) is 62.2 Å². The Morgan fingerprint density at radius 1 is 1.02 bits per heavy atom. The van der Waals surface area contributed by atoms with E-state index in [2.05, 4.69) is 31.9 Å². The van der Waals surface area contributed by atoms with E-state index in [0.717, 1.165) is 30.8 Å². The number of benzene rings is 2. The molecule has 3 aliphatic heterocycles. The zero-order valence-corrected chi connectivity index (χ0v) is 23.2. The molecule has 0 saturated carbocycles. The highest BCUT2D eigenvalue weighted by Gasteiger charge is 2.30. The van der Waals surface area contributed by atoms with Gasteiger partial charge in [-0.1, -0.05) is 18.2 Å². The summed E-state index contributed by atoms with van der Waals surface area (Å²) in [6.45, 7) is 3.75. The minimum absolute atomic E-state index is 0.00446. The van der Waals surface area contributed by atoms with Crippen LogP contribution in [0.25, 0.3) is 5.65 Å². The average Bonchev–Trinajstić information content (AvgIpc) is 3.69. The normalized spacial score (nSPS) is 20.2. The minimum Gasteiger partial charge on any atom is -0.378 e. The van der Waals surface area contributed by atoms with Crippen LogP contribution in [0.5, 0.6) is 0 Å². The summed E-state index contributed by atoms with van der Waals surface area (Å²) in [7, 11) is 0. The molecule has 2 aromatic heterocycles. The maximum atomic E-state index is 13.1. The van der Waals surface area contributed by atoms with Crippen molar-refractivity contribution in [1.29, 1.82) is 0 Å². The van der Waals surface area contributed by atoms with Gasteiger partial charge >= 0.3 is 0 Å². The lowest BCUT2D eigenvalue weighted by molar-refractivity contribution is -0.122. The van der Waals surface area contributed by atoms with Crippen LogP contribution in [0, 0.1) is 0 Å². The molecular formula is C30H33N9O3. The van der Waals surface area contributed by atoms with Gasteiger partial charge < -0.3 is 30.5 Å². The molecule has 12 nitrogen and oxygen atoms in total. The summed E-state index contributed by atoms with van der Waals surface area (Å²) < 4.78 is 7.07. The molecule has 2 atom stereocenters. The van der Waals surface area contributed by atoms with Crippen molar-refractivity contribution in [3.05, 3.63) is 72.1 Å². The summed E-state index contributed by atoms with van der Waals surface area (Å²) in [6, 6.07) is 15.2. The molecule has 216 valence electrons. The average molecular weight is 568 g/mol. The second-order valence-electron chi connectivity index (χ2n) is 10.9. The number of nitrogens with zero attached hydrogens (tertiary/aromatic N) is 6. The number of rotatable bonds is 6. The van der Waals surface area contributed by atoms with Crippen molar-refractivity contribution in [2.24, 2.45) is 0 Å². The molecule has 0 spiro atoms. The highest BCUT2D eigenvalue weighted by molar-refractivity contribution is 5.94. The van der Waals surface area contributed by atoms with Gasteiger partial charge in [-0.15, -0.1) is 5.10 Å². The molecule has 0 aliphatic carbocycles. The van der Waals surface area contributed by atoms with Gasteiger partial charge in [-0.3, -0.25) is 9.59 Å². The van der Waals surface area contributed by atoms with Crippen LogP contribution in [-0.2, 0) is 16.0 Å². The Morgan fingerprint density at radius 3 is 2.69 bits per heavy atom. The van der Waals surface area contributed by atoms with Crippen LogP contribution in [0.3, 0.4) is 0 Å². The molecule has 12 heteroatoms. The largest absolute Gasteiger partial charge is 0.378 e. The number of aromatic nitrogens is 4. The predicted molar refractivity (Wildman–Crippen MR) is 158 cm³/mol. The molecule has 0 radical (unpaired) electrons. The van der Waals surface area contributed by atoms with Crippen LogP contribution in [0.1, 0.15) is 28.8 Å². The molecule has 7 rings (SSSR count). The van der Waals surface area contributed by atoms with Gasteiger partial charge in [-0.2, -0.15) is 4.98 Å². The number of hydrogen-bond donors (Lipinski definition) is 3. The number of fused-ring (bicyclic) bond motifs is 2. The van der Waals surface area contributed by atoms with E-state index in [9.17, 15) is 9.59 Å². The Bertz CT molecular complexity index is 1570. The summed E-state index contributed by atoms with van der Waals surface area (Å²) >= 11 is 0. The van der Waals surface area contributed by atoms with Gasteiger partial charge in [0.2, 0.25) is 11.9 Å². The number of anilines is 4. The zero-order valence-electron chi connectivity index (χ0n) is 23.2. The van der Waals surface area contributed by atoms with E-state index < -0.39 is 0 Å². The van der Waals surface area contributed by atoms with Crippen molar-refractivity contribution >= 4 is 40.6 Å². The third-order valence-corrected chi connectivity index (χ3v) is 8.07. The van der Waals surface area contributed by atoms with Crippen LogP contribution < -0.4 is 20.9 Å². The van der Waals surface area contributed by atoms with E-state index in [1.54, 1.807) is 16.9 Å². The van der Waals surface area contributed by atoms with Gasteiger partial charge in [-0.05, 0) is 48.7 Å². The number of piperidine rings is 1. The Kier molecular flexibility index (Phi) is 7.04. The number of carbonyl (C=O) groups is 2. The quantitative estimate of drug-likeness (QED) is 0.322. The summed E-state index contributed by atoms with van der Waals surface area (Å²) in [6.07, 6.45) is 5.99. The fraction of sp³-hybridized carbons (Fsp3) is 0.367. The molecule has 3 N–H and O–H groups in total. The van der Waals surface area contributed by atoms with Crippen LogP contribution in [0.4, 0.5) is 23.1 Å². The molecule has 0 bridgehead atoms. The Labute approximate surface area is 243 Å². The number of morpholine rings is 1. The van der Waals surface area contributed by atoms with Crippen molar-refractivity contribution in [2.45, 2.75) is 31.3 Å². The lowest BCUT2D eigenvalue weighted by Gasteiger charge is -2.33. The molecule has 42 heavy (non-hydrogen) atoms.